The average Bonchev–Trinajstić information content (AvgIpc) is 2.26. The van der Waals surface area contributed by atoms with Crippen molar-refractivity contribution in [1.82, 2.24) is 4.98 Å². The lowest BCUT2D eigenvalue weighted by atomic mass is 9.91. The van der Waals surface area contributed by atoms with E-state index < -0.39 is 0 Å². The molecule has 0 aliphatic heterocycles. The van der Waals surface area contributed by atoms with Gasteiger partial charge in [0, 0.05) is 19.5 Å². The molecular formula is C13H18N2O. The number of aromatic nitrogens is 1. The lowest BCUT2D eigenvalue weighted by Crippen LogP contribution is -2.37. The smallest absolute Gasteiger partial charge is 0.180 e. The summed E-state index contributed by atoms with van der Waals surface area (Å²) in [6, 6.07) is 4.49. The highest BCUT2D eigenvalue weighted by molar-refractivity contribution is 5.94. The minimum absolute atomic E-state index is 0.109. The minimum Gasteiger partial charge on any atom is -0.370 e. The third-order valence-electron chi connectivity index (χ3n) is 3.38. The normalized spacial score (nSPS) is 15.6. The van der Waals surface area contributed by atoms with Gasteiger partial charge in [-0.05, 0) is 31.4 Å². The number of Topliss-reactive ketones (excluding diaryl/α,β-unsaturated/α-hetero) is 1. The zero-order chi connectivity index (χ0) is 11.5. The van der Waals surface area contributed by atoms with Gasteiger partial charge in [-0.2, -0.15) is 0 Å². The molecule has 1 fully saturated rings. The number of rotatable bonds is 4. The Morgan fingerprint density at radius 2 is 2.25 bits per heavy atom. The van der Waals surface area contributed by atoms with Gasteiger partial charge in [-0.1, -0.05) is 6.92 Å². The van der Waals surface area contributed by atoms with Crippen molar-refractivity contribution < 1.29 is 4.79 Å². The summed E-state index contributed by atoms with van der Waals surface area (Å²) in [7, 11) is 2.10. The molecule has 1 saturated carbocycles. The van der Waals surface area contributed by atoms with Crippen LogP contribution in [0.4, 0.5) is 5.69 Å². The fraction of sp³-hybridized carbons (Fsp3) is 0.538. The van der Waals surface area contributed by atoms with Crippen LogP contribution >= 0.6 is 0 Å². The van der Waals surface area contributed by atoms with Crippen molar-refractivity contribution >= 4 is 11.5 Å². The molecule has 1 aromatic rings. The molecule has 0 radical (unpaired) electrons. The first-order chi connectivity index (χ1) is 7.72. The van der Waals surface area contributed by atoms with Crippen LogP contribution < -0.4 is 4.90 Å². The molecule has 1 aliphatic rings. The molecule has 0 aromatic carbocycles. The Balaban J connectivity index is 2.09. The molecule has 0 amide bonds. The van der Waals surface area contributed by atoms with E-state index in [0.717, 1.165) is 5.69 Å². The van der Waals surface area contributed by atoms with E-state index in [2.05, 4.69) is 16.9 Å². The van der Waals surface area contributed by atoms with Gasteiger partial charge in [0.15, 0.2) is 5.78 Å². The van der Waals surface area contributed by atoms with Crippen LogP contribution in [0.15, 0.2) is 18.3 Å². The SMILES string of the molecule is CCC(=O)c1ccc(N(C)C2CCC2)cn1. The van der Waals surface area contributed by atoms with Crippen LogP contribution in [0, 0.1) is 0 Å². The molecule has 3 heteroatoms. The van der Waals surface area contributed by atoms with Gasteiger partial charge >= 0.3 is 0 Å². The van der Waals surface area contributed by atoms with E-state index in [1.165, 1.54) is 19.3 Å². The highest BCUT2D eigenvalue weighted by Crippen LogP contribution is 2.27. The molecule has 0 bridgehead atoms. The fourth-order valence-corrected chi connectivity index (χ4v) is 1.93. The molecule has 0 saturated heterocycles. The number of ketones is 1. The van der Waals surface area contributed by atoms with Crippen molar-refractivity contribution in [1.29, 1.82) is 0 Å². The van der Waals surface area contributed by atoms with E-state index >= 15 is 0 Å². The Labute approximate surface area is 96.5 Å². The monoisotopic (exact) mass is 218 g/mol. The Bertz CT molecular complexity index is 368. The quantitative estimate of drug-likeness (QED) is 0.728. The molecule has 1 aliphatic carbocycles. The predicted molar refractivity (Wildman–Crippen MR) is 64.9 cm³/mol. The van der Waals surface area contributed by atoms with Crippen LogP contribution in [0.25, 0.3) is 0 Å². The number of pyridine rings is 1. The maximum absolute atomic E-state index is 11.4. The van der Waals surface area contributed by atoms with Crippen molar-refractivity contribution in [3.63, 3.8) is 0 Å². The van der Waals surface area contributed by atoms with Gasteiger partial charge in [0.2, 0.25) is 0 Å². The molecule has 1 heterocycles. The average molecular weight is 218 g/mol. The molecule has 0 spiro atoms. The van der Waals surface area contributed by atoms with Crippen molar-refractivity contribution in [2.45, 2.75) is 38.6 Å². The number of carbonyl (C=O) groups is 1. The summed E-state index contributed by atoms with van der Waals surface area (Å²) in [5.41, 5.74) is 1.69. The zero-order valence-electron chi connectivity index (χ0n) is 9.94. The van der Waals surface area contributed by atoms with Crippen molar-refractivity contribution in [2.75, 3.05) is 11.9 Å². The van der Waals surface area contributed by atoms with Crippen LogP contribution in [0.1, 0.15) is 43.1 Å². The number of hydrogen-bond acceptors (Lipinski definition) is 3. The van der Waals surface area contributed by atoms with Gasteiger partial charge in [0.1, 0.15) is 5.69 Å². The van der Waals surface area contributed by atoms with Crippen molar-refractivity contribution in [3.8, 4) is 0 Å². The third kappa shape index (κ3) is 2.08. The fourth-order valence-electron chi connectivity index (χ4n) is 1.93. The molecule has 0 atom stereocenters. The highest BCUT2D eigenvalue weighted by Gasteiger charge is 2.22. The van der Waals surface area contributed by atoms with Gasteiger partial charge < -0.3 is 4.90 Å². The second-order valence-electron chi connectivity index (χ2n) is 4.37. The molecule has 0 unspecified atom stereocenters. The van der Waals surface area contributed by atoms with Crippen LogP contribution in [-0.4, -0.2) is 23.9 Å². The Hall–Kier alpha value is -1.38. The maximum atomic E-state index is 11.4. The lowest BCUT2D eigenvalue weighted by Gasteiger charge is -2.36. The molecule has 0 N–H and O–H groups in total. The van der Waals surface area contributed by atoms with Crippen LogP contribution in [0.2, 0.25) is 0 Å². The first kappa shape index (κ1) is 11.1. The van der Waals surface area contributed by atoms with Gasteiger partial charge in [-0.3, -0.25) is 9.78 Å². The van der Waals surface area contributed by atoms with Gasteiger partial charge in [-0.25, -0.2) is 0 Å². The van der Waals surface area contributed by atoms with E-state index in [4.69, 9.17) is 0 Å². The van der Waals surface area contributed by atoms with Gasteiger partial charge in [0.25, 0.3) is 0 Å². The van der Waals surface area contributed by atoms with Crippen LogP contribution in [0.5, 0.6) is 0 Å². The highest BCUT2D eigenvalue weighted by atomic mass is 16.1. The minimum atomic E-state index is 0.109. The van der Waals surface area contributed by atoms with Gasteiger partial charge in [0.05, 0.1) is 11.9 Å². The van der Waals surface area contributed by atoms with E-state index in [-0.39, 0.29) is 5.78 Å². The summed E-state index contributed by atoms with van der Waals surface area (Å²) in [5.74, 6) is 0.109. The summed E-state index contributed by atoms with van der Waals surface area (Å²) >= 11 is 0. The Morgan fingerprint density at radius 3 is 2.69 bits per heavy atom. The van der Waals surface area contributed by atoms with Crippen LogP contribution in [-0.2, 0) is 0 Å². The summed E-state index contributed by atoms with van der Waals surface area (Å²) in [5, 5.41) is 0. The van der Waals surface area contributed by atoms with Crippen LogP contribution in [0.3, 0.4) is 0 Å². The van der Waals surface area contributed by atoms with Crippen molar-refractivity contribution in [2.24, 2.45) is 0 Å². The topological polar surface area (TPSA) is 33.2 Å². The molecule has 16 heavy (non-hydrogen) atoms. The van der Waals surface area contributed by atoms with E-state index in [1.54, 1.807) is 6.20 Å². The maximum Gasteiger partial charge on any atom is 0.180 e. The summed E-state index contributed by atoms with van der Waals surface area (Å²) in [4.78, 5) is 17.9. The van der Waals surface area contributed by atoms with Gasteiger partial charge in [-0.15, -0.1) is 0 Å². The summed E-state index contributed by atoms with van der Waals surface area (Å²) in [6.07, 6.45) is 6.19. The van der Waals surface area contributed by atoms with E-state index in [9.17, 15) is 4.79 Å². The molecule has 2 rings (SSSR count). The molecule has 3 nitrogen and oxygen atoms in total. The molecular weight excluding hydrogens is 200 g/mol. The third-order valence-corrected chi connectivity index (χ3v) is 3.38. The largest absolute Gasteiger partial charge is 0.370 e. The summed E-state index contributed by atoms with van der Waals surface area (Å²) < 4.78 is 0. The Kier molecular flexibility index (Phi) is 3.22. The second kappa shape index (κ2) is 4.64. The van der Waals surface area contributed by atoms with E-state index in [1.807, 2.05) is 19.1 Å². The first-order valence-electron chi connectivity index (χ1n) is 5.94. The number of carbonyl (C=O) groups excluding carboxylic acids is 1. The summed E-state index contributed by atoms with van der Waals surface area (Å²) in [6.45, 7) is 1.86. The predicted octanol–water partition coefficient (Wildman–Crippen LogP) is 2.66. The number of hydrogen-bond donors (Lipinski definition) is 0. The number of nitrogens with zero attached hydrogens (tertiary/aromatic N) is 2. The zero-order valence-corrected chi connectivity index (χ0v) is 9.94. The van der Waals surface area contributed by atoms with E-state index in [0.29, 0.717) is 18.2 Å². The second-order valence-corrected chi connectivity index (χ2v) is 4.37. The lowest BCUT2D eigenvalue weighted by molar-refractivity contribution is 0.0983. The molecule has 86 valence electrons. The Morgan fingerprint density at radius 1 is 1.50 bits per heavy atom. The molecule has 1 aromatic heterocycles. The first-order valence-corrected chi connectivity index (χ1v) is 5.94. The number of anilines is 1. The standard InChI is InChI=1S/C13H18N2O/c1-3-13(16)12-8-7-11(9-14-12)15(2)10-5-4-6-10/h7-10H,3-6H2,1-2H3. The van der Waals surface area contributed by atoms with Crippen molar-refractivity contribution in [3.05, 3.63) is 24.0 Å².